The van der Waals surface area contributed by atoms with Crippen LogP contribution in [0.15, 0.2) is 60.7 Å². The van der Waals surface area contributed by atoms with Crippen LogP contribution in [0.5, 0.6) is 0 Å². The topological polar surface area (TPSA) is 57.6 Å². The van der Waals surface area contributed by atoms with Gasteiger partial charge in [-0.05, 0) is 5.56 Å². The van der Waals surface area contributed by atoms with Crippen molar-refractivity contribution in [3.8, 4) is 0 Å². The molecule has 1 aliphatic heterocycles. The van der Waals surface area contributed by atoms with E-state index in [-0.39, 0.29) is 13.1 Å². The number of carboxylic acid groups (broad SMARTS) is 1. The summed E-state index contributed by atoms with van der Waals surface area (Å²) in [5, 5.41) is 9.44. The third kappa shape index (κ3) is 3.24. The second-order valence-corrected chi connectivity index (χ2v) is 6.11. The molecule has 2 aromatic rings. The molecule has 0 spiro atoms. The van der Waals surface area contributed by atoms with Crippen LogP contribution in [0.1, 0.15) is 17.0 Å². The van der Waals surface area contributed by atoms with Crippen LogP contribution in [-0.2, 0) is 15.5 Å². The van der Waals surface area contributed by atoms with Gasteiger partial charge in [0.2, 0.25) is 0 Å². The Bertz CT molecular complexity index is 765. The summed E-state index contributed by atoms with van der Waals surface area (Å²) < 4.78 is 29.0. The number of nitrogens with zero attached hydrogens (tertiary/aromatic N) is 1. The van der Waals surface area contributed by atoms with Gasteiger partial charge >= 0.3 is 11.9 Å². The molecule has 25 heavy (non-hydrogen) atoms. The van der Waals surface area contributed by atoms with E-state index in [0.717, 1.165) is 10.5 Å². The highest BCUT2D eigenvalue weighted by Gasteiger charge is 2.49. The van der Waals surface area contributed by atoms with Crippen LogP contribution in [0.2, 0.25) is 0 Å². The molecule has 6 heteroatoms. The van der Waals surface area contributed by atoms with E-state index in [1.807, 2.05) is 0 Å². The summed E-state index contributed by atoms with van der Waals surface area (Å²) in [4.78, 5) is 24.9. The van der Waals surface area contributed by atoms with Crippen molar-refractivity contribution in [2.75, 3.05) is 13.1 Å². The lowest BCUT2D eigenvalue weighted by Gasteiger charge is -2.23. The summed E-state index contributed by atoms with van der Waals surface area (Å²) in [6.07, 6.45) is 0. The number of likely N-dealkylation sites (tertiary alicyclic amines) is 1. The van der Waals surface area contributed by atoms with Gasteiger partial charge < -0.3 is 10.0 Å². The van der Waals surface area contributed by atoms with Gasteiger partial charge in [0.05, 0.1) is 5.92 Å². The quantitative estimate of drug-likeness (QED) is 0.926. The van der Waals surface area contributed by atoms with Crippen LogP contribution >= 0.6 is 0 Å². The van der Waals surface area contributed by atoms with E-state index in [1.165, 1.54) is 24.3 Å². The van der Waals surface area contributed by atoms with Crippen molar-refractivity contribution in [3.63, 3.8) is 0 Å². The van der Waals surface area contributed by atoms with E-state index in [0.29, 0.717) is 0 Å². The maximum absolute atomic E-state index is 14.5. The lowest BCUT2D eigenvalue weighted by Crippen LogP contribution is -2.41. The fraction of sp³-hybridized carbons (Fsp3) is 0.263. The number of halogens is 2. The summed E-state index contributed by atoms with van der Waals surface area (Å²) in [6.45, 7) is -0.265. The Kier molecular flexibility index (Phi) is 4.53. The number of aliphatic carboxylic acids is 1. The average Bonchev–Trinajstić information content (AvgIpc) is 3.08. The van der Waals surface area contributed by atoms with Gasteiger partial charge in [0.1, 0.15) is 0 Å². The molecule has 2 aromatic carbocycles. The van der Waals surface area contributed by atoms with Gasteiger partial charge in [-0.2, -0.15) is 8.78 Å². The number of amides is 1. The molecule has 1 amide bonds. The van der Waals surface area contributed by atoms with E-state index in [4.69, 9.17) is 0 Å². The van der Waals surface area contributed by atoms with Gasteiger partial charge in [0, 0.05) is 24.6 Å². The Balaban J connectivity index is 1.86. The number of rotatable bonds is 4. The predicted octanol–water partition coefficient (Wildman–Crippen LogP) is 3.11. The summed E-state index contributed by atoms with van der Waals surface area (Å²) in [5.41, 5.74) is 0.336. The molecule has 0 bridgehead atoms. The zero-order valence-electron chi connectivity index (χ0n) is 13.3. The Morgan fingerprint density at radius 3 is 2.08 bits per heavy atom. The molecular weight excluding hydrogens is 328 g/mol. The largest absolute Gasteiger partial charge is 0.481 e. The number of alkyl halides is 2. The maximum atomic E-state index is 14.5. The first kappa shape index (κ1) is 17.1. The maximum Gasteiger partial charge on any atom is 0.349 e. The summed E-state index contributed by atoms with van der Waals surface area (Å²) >= 11 is 0. The van der Waals surface area contributed by atoms with Gasteiger partial charge in [0.15, 0.2) is 0 Å². The van der Waals surface area contributed by atoms with Crippen molar-refractivity contribution in [1.82, 2.24) is 4.90 Å². The van der Waals surface area contributed by atoms with Crippen LogP contribution in [0.4, 0.5) is 8.78 Å². The first-order valence-corrected chi connectivity index (χ1v) is 7.91. The lowest BCUT2D eigenvalue weighted by molar-refractivity contribution is -0.158. The molecule has 3 rings (SSSR count). The standard InChI is InChI=1S/C19H17F2NO3/c20-19(21,14-9-5-2-6-10-14)18(25)22-11-15(16(12-22)17(23)24)13-7-3-1-4-8-13/h1-10,15-16H,11-12H2,(H,23,24)/t15-,16-/m1/s1. The monoisotopic (exact) mass is 345 g/mol. The number of hydrogen-bond donors (Lipinski definition) is 1. The number of carboxylic acids is 1. The number of benzene rings is 2. The van der Waals surface area contributed by atoms with Gasteiger partial charge in [-0.3, -0.25) is 9.59 Å². The fourth-order valence-corrected chi connectivity index (χ4v) is 3.23. The van der Waals surface area contributed by atoms with E-state index >= 15 is 0 Å². The zero-order valence-corrected chi connectivity index (χ0v) is 13.3. The van der Waals surface area contributed by atoms with Crippen molar-refractivity contribution < 1.29 is 23.5 Å². The summed E-state index contributed by atoms with van der Waals surface area (Å²) in [5.74, 6) is -7.54. The summed E-state index contributed by atoms with van der Waals surface area (Å²) in [7, 11) is 0. The molecule has 1 aliphatic rings. The predicted molar refractivity (Wildman–Crippen MR) is 87.2 cm³/mol. The van der Waals surface area contributed by atoms with Crippen LogP contribution in [-0.4, -0.2) is 35.0 Å². The second-order valence-electron chi connectivity index (χ2n) is 6.11. The molecule has 2 atom stereocenters. The SMILES string of the molecule is O=C(O)[C@@H]1CN(C(=O)C(F)(F)c2ccccc2)C[C@@H]1c1ccccc1. The third-order valence-electron chi connectivity index (χ3n) is 4.56. The normalized spacial score (nSPS) is 20.5. The fourth-order valence-electron chi connectivity index (χ4n) is 3.23. The number of carbonyl (C=O) groups excluding carboxylic acids is 1. The Hall–Kier alpha value is -2.76. The molecule has 0 unspecified atom stereocenters. The van der Waals surface area contributed by atoms with Crippen LogP contribution in [0.25, 0.3) is 0 Å². The van der Waals surface area contributed by atoms with Crippen molar-refractivity contribution in [1.29, 1.82) is 0 Å². The zero-order chi connectivity index (χ0) is 18.0. The Labute approximate surface area is 143 Å². The molecule has 1 saturated heterocycles. The van der Waals surface area contributed by atoms with Crippen molar-refractivity contribution in [2.24, 2.45) is 5.92 Å². The van der Waals surface area contributed by atoms with E-state index in [2.05, 4.69) is 0 Å². The highest BCUT2D eigenvalue weighted by molar-refractivity contribution is 5.86. The Morgan fingerprint density at radius 2 is 1.52 bits per heavy atom. The van der Waals surface area contributed by atoms with Crippen molar-refractivity contribution in [2.45, 2.75) is 11.8 Å². The van der Waals surface area contributed by atoms with E-state index in [9.17, 15) is 23.5 Å². The van der Waals surface area contributed by atoms with Crippen LogP contribution < -0.4 is 0 Å². The van der Waals surface area contributed by atoms with Gasteiger partial charge in [-0.25, -0.2) is 0 Å². The highest BCUT2D eigenvalue weighted by Crippen LogP contribution is 2.37. The van der Waals surface area contributed by atoms with Crippen LogP contribution in [0.3, 0.4) is 0 Å². The summed E-state index contributed by atoms with van der Waals surface area (Å²) in [6, 6.07) is 15.7. The molecule has 130 valence electrons. The molecule has 0 aliphatic carbocycles. The minimum absolute atomic E-state index is 0.0394. The number of carbonyl (C=O) groups is 2. The molecule has 0 radical (unpaired) electrons. The lowest BCUT2D eigenvalue weighted by atomic mass is 9.89. The molecule has 1 heterocycles. The smallest absolute Gasteiger partial charge is 0.349 e. The molecule has 4 nitrogen and oxygen atoms in total. The first-order chi connectivity index (χ1) is 11.9. The van der Waals surface area contributed by atoms with E-state index < -0.39 is 35.2 Å². The van der Waals surface area contributed by atoms with Gasteiger partial charge in [0.25, 0.3) is 5.91 Å². The number of hydrogen-bond acceptors (Lipinski definition) is 2. The second kappa shape index (κ2) is 6.63. The molecule has 0 saturated carbocycles. The minimum atomic E-state index is -3.68. The first-order valence-electron chi connectivity index (χ1n) is 7.91. The molecular formula is C19H17F2NO3. The molecule has 1 N–H and O–H groups in total. The highest BCUT2D eigenvalue weighted by atomic mass is 19.3. The van der Waals surface area contributed by atoms with Gasteiger partial charge in [-0.15, -0.1) is 0 Å². The molecule has 0 aromatic heterocycles. The van der Waals surface area contributed by atoms with Crippen molar-refractivity contribution >= 4 is 11.9 Å². The van der Waals surface area contributed by atoms with Crippen molar-refractivity contribution in [3.05, 3.63) is 71.8 Å². The molecule has 1 fully saturated rings. The average molecular weight is 345 g/mol. The van der Waals surface area contributed by atoms with Gasteiger partial charge in [-0.1, -0.05) is 60.7 Å². The van der Waals surface area contributed by atoms with Crippen LogP contribution in [0, 0.1) is 5.92 Å². The minimum Gasteiger partial charge on any atom is -0.481 e. The Morgan fingerprint density at radius 1 is 0.960 bits per heavy atom. The third-order valence-corrected chi connectivity index (χ3v) is 4.56. The van der Waals surface area contributed by atoms with E-state index in [1.54, 1.807) is 36.4 Å².